The second-order valence-electron chi connectivity index (χ2n) is 7.93. The minimum Gasteiger partial charge on any atom is -0.356 e. The lowest BCUT2D eigenvalue weighted by Crippen LogP contribution is -2.50. The molecule has 1 aliphatic rings. The van der Waals surface area contributed by atoms with E-state index in [2.05, 4.69) is 51.3 Å². The van der Waals surface area contributed by atoms with Crippen molar-refractivity contribution in [2.75, 3.05) is 20.1 Å². The number of carbonyl (C=O) groups is 1. The third-order valence-corrected chi connectivity index (χ3v) is 4.70. The summed E-state index contributed by atoms with van der Waals surface area (Å²) in [4.78, 5) is 16.2. The molecule has 146 valence electrons. The molecule has 1 aromatic carbocycles. The zero-order valence-corrected chi connectivity index (χ0v) is 18.7. The van der Waals surface area contributed by atoms with E-state index in [4.69, 9.17) is 0 Å². The van der Waals surface area contributed by atoms with Crippen molar-refractivity contribution in [3.63, 3.8) is 0 Å². The maximum atomic E-state index is 12.0. The van der Waals surface area contributed by atoms with Crippen LogP contribution in [-0.4, -0.2) is 37.5 Å². The number of aliphatic imine (C=N–C) groups is 1. The zero-order valence-electron chi connectivity index (χ0n) is 16.4. The van der Waals surface area contributed by atoms with Crippen LogP contribution in [0.25, 0.3) is 0 Å². The number of hydrogen-bond acceptors (Lipinski definition) is 2. The van der Waals surface area contributed by atoms with Crippen molar-refractivity contribution in [3.05, 3.63) is 35.9 Å². The first-order valence-corrected chi connectivity index (χ1v) is 9.16. The molecular weight excluding hydrogens is 439 g/mol. The SMILES string of the molecule is CN=C(NCC(=O)NC(C)(C)C)NCC1(c2ccccc2)CCCC1.I. The van der Waals surface area contributed by atoms with Crippen LogP contribution in [0.5, 0.6) is 0 Å². The molecule has 6 heteroatoms. The molecule has 1 amide bonds. The maximum Gasteiger partial charge on any atom is 0.239 e. The number of hydrogen-bond donors (Lipinski definition) is 3. The van der Waals surface area contributed by atoms with Crippen molar-refractivity contribution in [1.82, 2.24) is 16.0 Å². The van der Waals surface area contributed by atoms with E-state index in [0.29, 0.717) is 5.96 Å². The van der Waals surface area contributed by atoms with Crippen LogP contribution in [0, 0.1) is 0 Å². The first-order valence-electron chi connectivity index (χ1n) is 9.16. The first-order chi connectivity index (χ1) is 11.8. The molecule has 1 fully saturated rings. The Balaban J connectivity index is 0.00000338. The van der Waals surface area contributed by atoms with Crippen molar-refractivity contribution in [1.29, 1.82) is 0 Å². The minimum absolute atomic E-state index is 0. The molecular formula is C20H33IN4O. The molecule has 0 bridgehead atoms. The molecule has 1 saturated carbocycles. The van der Waals surface area contributed by atoms with Crippen LogP contribution in [0.4, 0.5) is 0 Å². The largest absolute Gasteiger partial charge is 0.356 e. The fourth-order valence-corrected chi connectivity index (χ4v) is 3.51. The van der Waals surface area contributed by atoms with Gasteiger partial charge in [-0.2, -0.15) is 0 Å². The molecule has 0 spiro atoms. The highest BCUT2D eigenvalue weighted by atomic mass is 127. The molecule has 26 heavy (non-hydrogen) atoms. The fraction of sp³-hybridized carbons (Fsp3) is 0.600. The Labute approximate surface area is 174 Å². The summed E-state index contributed by atoms with van der Waals surface area (Å²) in [6.07, 6.45) is 4.89. The summed E-state index contributed by atoms with van der Waals surface area (Å²) in [6, 6.07) is 10.7. The van der Waals surface area contributed by atoms with Crippen molar-refractivity contribution in [2.24, 2.45) is 4.99 Å². The number of nitrogens with zero attached hydrogens (tertiary/aromatic N) is 1. The molecule has 5 nitrogen and oxygen atoms in total. The van der Waals surface area contributed by atoms with Gasteiger partial charge in [0, 0.05) is 24.5 Å². The minimum atomic E-state index is -0.225. The lowest BCUT2D eigenvalue weighted by Gasteiger charge is -2.31. The number of nitrogens with one attached hydrogen (secondary N) is 3. The van der Waals surface area contributed by atoms with Gasteiger partial charge in [0.15, 0.2) is 5.96 Å². The van der Waals surface area contributed by atoms with Crippen LogP contribution in [0.1, 0.15) is 52.0 Å². The molecule has 0 radical (unpaired) electrons. The average Bonchev–Trinajstić information content (AvgIpc) is 3.04. The molecule has 3 N–H and O–H groups in total. The van der Waals surface area contributed by atoms with Crippen molar-refractivity contribution < 1.29 is 4.79 Å². The summed E-state index contributed by atoms with van der Waals surface area (Å²) in [7, 11) is 1.74. The van der Waals surface area contributed by atoms with Crippen molar-refractivity contribution in [2.45, 2.75) is 57.4 Å². The molecule has 0 heterocycles. The standard InChI is InChI=1S/C20H32N4O.HI/c1-19(2,3)24-17(25)14-22-18(21-4)23-15-20(12-8-9-13-20)16-10-6-5-7-11-16;/h5-7,10-11H,8-9,12-15H2,1-4H3,(H,24,25)(H2,21,22,23);1H. The zero-order chi connectivity index (χ0) is 18.3. The van der Waals surface area contributed by atoms with E-state index in [1.54, 1.807) is 7.05 Å². The van der Waals surface area contributed by atoms with Gasteiger partial charge in [0.25, 0.3) is 0 Å². The number of guanidine groups is 1. The van der Waals surface area contributed by atoms with Gasteiger partial charge in [-0.1, -0.05) is 43.2 Å². The van der Waals surface area contributed by atoms with Crippen LogP contribution in [0.15, 0.2) is 35.3 Å². The predicted molar refractivity (Wildman–Crippen MR) is 119 cm³/mol. The Kier molecular flexibility index (Phi) is 8.86. The van der Waals surface area contributed by atoms with Crippen LogP contribution < -0.4 is 16.0 Å². The van der Waals surface area contributed by atoms with E-state index in [1.807, 2.05) is 20.8 Å². The summed E-state index contributed by atoms with van der Waals surface area (Å²) in [5, 5.41) is 9.48. The van der Waals surface area contributed by atoms with E-state index >= 15 is 0 Å². The summed E-state index contributed by atoms with van der Waals surface area (Å²) in [5.74, 6) is 0.639. The predicted octanol–water partition coefficient (Wildman–Crippen LogP) is 3.20. The van der Waals surface area contributed by atoms with Gasteiger partial charge >= 0.3 is 0 Å². The maximum absolute atomic E-state index is 12.0. The van der Waals surface area contributed by atoms with E-state index in [1.165, 1.54) is 31.2 Å². The lowest BCUT2D eigenvalue weighted by atomic mass is 9.79. The Hall–Kier alpha value is -1.31. The highest BCUT2D eigenvalue weighted by molar-refractivity contribution is 14.0. The van der Waals surface area contributed by atoms with Crippen molar-refractivity contribution >= 4 is 35.8 Å². The Morgan fingerprint density at radius 3 is 2.27 bits per heavy atom. The molecule has 1 aromatic rings. The van der Waals surface area contributed by atoms with Crippen molar-refractivity contribution in [3.8, 4) is 0 Å². The van der Waals surface area contributed by atoms with E-state index in [0.717, 1.165) is 6.54 Å². The number of amides is 1. The Bertz CT molecular complexity index is 590. The van der Waals surface area contributed by atoms with Gasteiger partial charge in [0.05, 0.1) is 6.54 Å². The second kappa shape index (κ2) is 10.1. The summed E-state index contributed by atoms with van der Waals surface area (Å²) in [6.45, 7) is 6.97. The number of carbonyl (C=O) groups excluding carboxylic acids is 1. The van der Waals surface area contributed by atoms with Crippen LogP contribution >= 0.6 is 24.0 Å². The number of rotatable bonds is 5. The average molecular weight is 472 g/mol. The van der Waals surface area contributed by atoms with Crippen LogP contribution in [0.3, 0.4) is 0 Å². The normalized spacial score (nSPS) is 16.5. The van der Waals surface area contributed by atoms with Gasteiger partial charge in [0.2, 0.25) is 5.91 Å². The molecule has 2 rings (SSSR count). The quantitative estimate of drug-likeness (QED) is 0.351. The molecule has 0 aliphatic heterocycles. The van der Waals surface area contributed by atoms with E-state index < -0.39 is 0 Å². The van der Waals surface area contributed by atoms with E-state index in [9.17, 15) is 4.79 Å². The molecule has 0 saturated heterocycles. The monoisotopic (exact) mass is 472 g/mol. The van der Waals surface area contributed by atoms with E-state index in [-0.39, 0.29) is 47.4 Å². The van der Waals surface area contributed by atoms with Gasteiger partial charge in [-0.25, -0.2) is 0 Å². The number of benzene rings is 1. The Morgan fingerprint density at radius 2 is 1.73 bits per heavy atom. The third kappa shape index (κ3) is 6.78. The summed E-state index contributed by atoms with van der Waals surface area (Å²) >= 11 is 0. The molecule has 0 unspecified atom stereocenters. The molecule has 1 aliphatic carbocycles. The number of halogens is 1. The first kappa shape index (κ1) is 22.7. The van der Waals surface area contributed by atoms with Crippen LogP contribution in [0.2, 0.25) is 0 Å². The lowest BCUT2D eigenvalue weighted by molar-refractivity contribution is -0.121. The molecule has 0 atom stereocenters. The highest BCUT2D eigenvalue weighted by Crippen LogP contribution is 2.40. The summed E-state index contributed by atoms with van der Waals surface area (Å²) < 4.78 is 0. The topological polar surface area (TPSA) is 65.5 Å². The summed E-state index contributed by atoms with van der Waals surface area (Å²) in [5.41, 5.74) is 1.32. The fourth-order valence-electron chi connectivity index (χ4n) is 3.51. The molecule has 0 aromatic heterocycles. The van der Waals surface area contributed by atoms with Gasteiger partial charge in [0.1, 0.15) is 0 Å². The highest BCUT2D eigenvalue weighted by Gasteiger charge is 2.35. The second-order valence-corrected chi connectivity index (χ2v) is 7.93. The smallest absolute Gasteiger partial charge is 0.239 e. The van der Waals surface area contributed by atoms with Gasteiger partial charge in [-0.15, -0.1) is 24.0 Å². The van der Waals surface area contributed by atoms with Gasteiger partial charge < -0.3 is 16.0 Å². The Morgan fingerprint density at radius 1 is 1.12 bits per heavy atom. The van der Waals surface area contributed by atoms with Gasteiger partial charge in [-0.05, 0) is 39.2 Å². The third-order valence-electron chi connectivity index (χ3n) is 4.70. The van der Waals surface area contributed by atoms with Gasteiger partial charge in [-0.3, -0.25) is 9.79 Å². The van der Waals surface area contributed by atoms with Crippen LogP contribution in [-0.2, 0) is 10.2 Å².